The second kappa shape index (κ2) is 3.95. The summed E-state index contributed by atoms with van der Waals surface area (Å²) in [5, 5.41) is 0. The van der Waals surface area contributed by atoms with Gasteiger partial charge in [-0.15, -0.1) is 0 Å². The molecule has 1 saturated heterocycles. The first-order valence-corrected chi connectivity index (χ1v) is 6.90. The van der Waals surface area contributed by atoms with Crippen molar-refractivity contribution in [2.75, 3.05) is 6.54 Å². The fourth-order valence-electron chi connectivity index (χ4n) is 3.34. The van der Waals surface area contributed by atoms with Crippen molar-refractivity contribution in [2.45, 2.75) is 32.7 Å². The molecule has 19 heavy (non-hydrogen) atoms. The van der Waals surface area contributed by atoms with Crippen LogP contribution >= 0.6 is 0 Å². The van der Waals surface area contributed by atoms with E-state index in [0.29, 0.717) is 6.10 Å². The number of fused-ring (bicyclic) bond motifs is 5. The molecule has 0 bridgehead atoms. The highest BCUT2D eigenvalue weighted by Crippen LogP contribution is 2.38. The summed E-state index contributed by atoms with van der Waals surface area (Å²) in [6.07, 6.45) is 0.398. The average Bonchev–Trinajstić information content (AvgIpc) is 2.90. The van der Waals surface area contributed by atoms with Gasteiger partial charge in [-0.3, -0.25) is 4.90 Å². The summed E-state index contributed by atoms with van der Waals surface area (Å²) in [5.41, 5.74) is 5.20. The van der Waals surface area contributed by atoms with Gasteiger partial charge in [0.25, 0.3) is 0 Å². The summed E-state index contributed by atoms with van der Waals surface area (Å²) in [5.74, 6) is 0. The number of aromatic nitrogens is 1. The Balaban J connectivity index is 1.96. The summed E-state index contributed by atoms with van der Waals surface area (Å²) in [4.78, 5) is 2.43. The molecule has 0 radical (unpaired) electrons. The molecule has 2 aliphatic heterocycles. The van der Waals surface area contributed by atoms with Crippen LogP contribution in [0.15, 0.2) is 36.4 Å². The van der Waals surface area contributed by atoms with E-state index < -0.39 is 0 Å². The molecule has 0 amide bonds. The molecule has 0 N–H and O–H groups in total. The van der Waals surface area contributed by atoms with Crippen LogP contribution < -0.4 is 0 Å². The Morgan fingerprint density at radius 2 is 2.00 bits per heavy atom. The number of aryl methyl sites for hydroxylation is 1. The smallest absolute Gasteiger partial charge is 0.152 e. The molecule has 1 fully saturated rings. The Morgan fingerprint density at radius 3 is 2.89 bits per heavy atom. The Kier molecular flexibility index (Phi) is 2.34. The lowest BCUT2D eigenvalue weighted by molar-refractivity contribution is -0.000742. The zero-order chi connectivity index (χ0) is 13.0. The van der Waals surface area contributed by atoms with Gasteiger partial charge in [-0.05, 0) is 37.6 Å². The Hall–Kier alpha value is -1.58. The second-order valence-electron chi connectivity index (χ2n) is 5.59. The average molecular weight is 254 g/mol. The van der Waals surface area contributed by atoms with Crippen LogP contribution in [0.5, 0.6) is 0 Å². The number of rotatable bonds is 0. The highest BCUT2D eigenvalue weighted by atomic mass is 16.5. The van der Waals surface area contributed by atoms with E-state index in [9.17, 15) is 0 Å². The Morgan fingerprint density at radius 1 is 1.16 bits per heavy atom. The molecule has 2 aromatic rings. The molecule has 3 heteroatoms. The summed E-state index contributed by atoms with van der Waals surface area (Å²) in [6, 6.07) is 13.1. The molecule has 98 valence electrons. The maximum Gasteiger partial charge on any atom is 0.152 e. The minimum absolute atomic E-state index is 0.0936. The molecule has 4 rings (SSSR count). The third-order valence-corrected chi connectivity index (χ3v) is 4.15. The van der Waals surface area contributed by atoms with Crippen molar-refractivity contribution in [3.63, 3.8) is 0 Å². The van der Waals surface area contributed by atoms with Crippen molar-refractivity contribution < 1.29 is 4.74 Å². The van der Waals surface area contributed by atoms with Gasteiger partial charge in [-0.2, -0.15) is 0 Å². The summed E-state index contributed by atoms with van der Waals surface area (Å²) in [7, 11) is 0. The third-order valence-electron chi connectivity index (χ3n) is 4.15. The van der Waals surface area contributed by atoms with Gasteiger partial charge in [-0.1, -0.05) is 18.2 Å². The summed E-state index contributed by atoms with van der Waals surface area (Å²) < 4.78 is 8.47. The zero-order valence-electron chi connectivity index (χ0n) is 11.3. The van der Waals surface area contributed by atoms with Crippen LogP contribution in [-0.4, -0.2) is 22.1 Å². The second-order valence-corrected chi connectivity index (χ2v) is 5.59. The van der Waals surface area contributed by atoms with E-state index in [4.69, 9.17) is 4.74 Å². The predicted octanol–water partition coefficient (Wildman–Crippen LogP) is 3.02. The van der Waals surface area contributed by atoms with E-state index >= 15 is 0 Å². The standard InChI is InChI=1S/C16H18N2O/c1-11-7-8-15-16-17(9-12(2)19-16)10-13-5-3-4-6-14(13)18(11)15/h3-8,12,16H,9-10H2,1-2H3/t12-,16+/m0/s1. The van der Waals surface area contributed by atoms with Crippen LogP contribution in [0.4, 0.5) is 0 Å². The van der Waals surface area contributed by atoms with Crippen molar-refractivity contribution >= 4 is 0 Å². The van der Waals surface area contributed by atoms with E-state index in [0.717, 1.165) is 13.1 Å². The monoisotopic (exact) mass is 254 g/mol. The maximum atomic E-state index is 6.12. The first kappa shape index (κ1) is 11.3. The summed E-state index contributed by atoms with van der Waals surface area (Å²) >= 11 is 0. The Labute approximate surface area is 113 Å². The van der Waals surface area contributed by atoms with Crippen LogP contribution in [0.1, 0.15) is 30.1 Å². The van der Waals surface area contributed by atoms with Crippen molar-refractivity contribution in [1.29, 1.82) is 0 Å². The lowest BCUT2D eigenvalue weighted by atomic mass is 10.1. The maximum absolute atomic E-state index is 6.12. The Bertz CT molecular complexity index is 631. The number of benzene rings is 1. The molecule has 1 aromatic carbocycles. The van der Waals surface area contributed by atoms with Gasteiger partial charge in [0.15, 0.2) is 6.23 Å². The SMILES string of the molecule is Cc1ccc2n1-c1ccccc1CN1C[C@H](C)O[C@H]21. The summed E-state index contributed by atoms with van der Waals surface area (Å²) in [6.45, 7) is 6.28. The molecule has 3 heterocycles. The van der Waals surface area contributed by atoms with Crippen molar-refractivity contribution in [3.8, 4) is 5.69 Å². The molecule has 0 saturated carbocycles. The van der Waals surface area contributed by atoms with E-state index in [2.05, 4.69) is 59.7 Å². The van der Waals surface area contributed by atoms with Gasteiger partial charge in [-0.25, -0.2) is 0 Å². The van der Waals surface area contributed by atoms with Crippen LogP contribution in [0, 0.1) is 6.92 Å². The van der Waals surface area contributed by atoms with Crippen molar-refractivity contribution in [3.05, 3.63) is 53.3 Å². The van der Waals surface area contributed by atoms with Crippen LogP contribution in [0.3, 0.4) is 0 Å². The lowest BCUT2D eigenvalue weighted by Gasteiger charge is -2.19. The minimum atomic E-state index is 0.0936. The van der Waals surface area contributed by atoms with Gasteiger partial charge < -0.3 is 9.30 Å². The van der Waals surface area contributed by atoms with Gasteiger partial charge in [0.05, 0.1) is 17.5 Å². The van der Waals surface area contributed by atoms with Gasteiger partial charge in [0.1, 0.15) is 0 Å². The fraction of sp³-hybridized carbons (Fsp3) is 0.375. The van der Waals surface area contributed by atoms with E-state index in [1.807, 2.05) is 0 Å². The topological polar surface area (TPSA) is 17.4 Å². The van der Waals surface area contributed by atoms with Gasteiger partial charge in [0.2, 0.25) is 0 Å². The predicted molar refractivity (Wildman–Crippen MR) is 74.2 cm³/mol. The first-order valence-electron chi connectivity index (χ1n) is 6.90. The van der Waals surface area contributed by atoms with Crippen molar-refractivity contribution in [2.24, 2.45) is 0 Å². The van der Waals surface area contributed by atoms with Crippen LogP contribution in [0.2, 0.25) is 0 Å². The van der Waals surface area contributed by atoms with E-state index in [1.54, 1.807) is 0 Å². The number of hydrogen-bond acceptors (Lipinski definition) is 2. The molecular weight excluding hydrogens is 236 g/mol. The lowest BCUT2D eigenvalue weighted by Crippen LogP contribution is -2.23. The molecule has 3 nitrogen and oxygen atoms in total. The highest BCUT2D eigenvalue weighted by molar-refractivity contribution is 5.46. The molecule has 2 atom stereocenters. The van der Waals surface area contributed by atoms with E-state index in [1.165, 1.54) is 22.6 Å². The largest absolute Gasteiger partial charge is 0.353 e. The molecule has 2 aliphatic rings. The van der Waals surface area contributed by atoms with Crippen LogP contribution in [-0.2, 0) is 11.3 Å². The number of nitrogens with zero attached hydrogens (tertiary/aromatic N) is 2. The molecular formula is C16H18N2O. The third kappa shape index (κ3) is 1.58. The minimum Gasteiger partial charge on any atom is -0.353 e. The quantitative estimate of drug-likeness (QED) is 0.719. The zero-order valence-corrected chi connectivity index (χ0v) is 11.3. The van der Waals surface area contributed by atoms with Crippen molar-refractivity contribution in [1.82, 2.24) is 9.47 Å². The first-order chi connectivity index (χ1) is 9.24. The highest BCUT2D eigenvalue weighted by Gasteiger charge is 2.36. The molecule has 0 aliphatic carbocycles. The van der Waals surface area contributed by atoms with Crippen LogP contribution in [0.25, 0.3) is 5.69 Å². The normalized spacial score (nSPS) is 25.6. The molecule has 0 spiro atoms. The number of hydrogen-bond donors (Lipinski definition) is 0. The number of para-hydroxylation sites is 1. The fourth-order valence-corrected chi connectivity index (χ4v) is 3.34. The molecule has 1 aromatic heterocycles. The van der Waals surface area contributed by atoms with Gasteiger partial charge in [0, 0.05) is 18.8 Å². The number of ether oxygens (including phenoxy) is 1. The molecule has 0 unspecified atom stereocenters. The van der Waals surface area contributed by atoms with Gasteiger partial charge >= 0.3 is 0 Å². The van der Waals surface area contributed by atoms with E-state index in [-0.39, 0.29) is 6.23 Å².